The fourth-order valence-corrected chi connectivity index (χ4v) is 2.73. The average Bonchev–Trinajstić information content (AvgIpc) is 3.17. The minimum atomic E-state index is -0.770. The first-order valence-electron chi connectivity index (χ1n) is 7.39. The highest BCUT2D eigenvalue weighted by Crippen LogP contribution is 2.38. The second-order valence-corrected chi connectivity index (χ2v) is 6.11. The Morgan fingerprint density at radius 1 is 1.40 bits per heavy atom. The first-order valence-corrected chi connectivity index (χ1v) is 7.39. The predicted octanol–water partition coefficient (Wildman–Crippen LogP) is 1.75. The van der Waals surface area contributed by atoms with Gasteiger partial charge in [-0.15, -0.1) is 0 Å². The number of nitrogens with two attached hydrogens (primary N) is 1. The summed E-state index contributed by atoms with van der Waals surface area (Å²) in [5, 5.41) is 2.88. The summed E-state index contributed by atoms with van der Waals surface area (Å²) in [6, 6.07) is 3.87. The standard InChI is InChI=1S/C15H22N4O/c1-15(16,11-4-5-11)14(20)18-12-6-7-13(17-10-12)19-8-2-3-9-19/h6-7,10-11H,2-5,8-9,16H2,1H3,(H,18,20). The van der Waals surface area contributed by atoms with Crippen LogP contribution in [0.15, 0.2) is 18.3 Å². The lowest BCUT2D eigenvalue weighted by atomic mass is 9.96. The third-order valence-corrected chi connectivity index (χ3v) is 4.35. The van der Waals surface area contributed by atoms with Gasteiger partial charge in [0.2, 0.25) is 5.91 Å². The Kier molecular flexibility index (Phi) is 3.38. The predicted molar refractivity (Wildman–Crippen MR) is 79.6 cm³/mol. The molecule has 20 heavy (non-hydrogen) atoms. The molecule has 5 heteroatoms. The Hall–Kier alpha value is -1.62. The number of aromatic nitrogens is 1. The molecule has 1 aromatic heterocycles. The molecule has 1 aromatic rings. The van der Waals surface area contributed by atoms with E-state index in [0.29, 0.717) is 5.92 Å². The van der Waals surface area contributed by atoms with Gasteiger partial charge >= 0.3 is 0 Å². The minimum absolute atomic E-state index is 0.115. The highest BCUT2D eigenvalue weighted by molar-refractivity contribution is 5.98. The molecule has 2 aliphatic rings. The number of amides is 1. The number of anilines is 2. The summed E-state index contributed by atoms with van der Waals surface area (Å²) in [5.41, 5.74) is 6.05. The van der Waals surface area contributed by atoms with E-state index in [-0.39, 0.29) is 5.91 Å². The average molecular weight is 274 g/mol. The third kappa shape index (κ3) is 2.63. The van der Waals surface area contributed by atoms with Crippen molar-refractivity contribution in [3.05, 3.63) is 18.3 Å². The van der Waals surface area contributed by atoms with E-state index >= 15 is 0 Å². The minimum Gasteiger partial charge on any atom is -0.357 e. The lowest BCUT2D eigenvalue weighted by molar-refractivity contribution is -0.121. The molecule has 0 radical (unpaired) electrons. The molecule has 1 aliphatic heterocycles. The van der Waals surface area contributed by atoms with E-state index in [0.717, 1.165) is 37.4 Å². The van der Waals surface area contributed by atoms with Gasteiger partial charge in [-0.1, -0.05) is 0 Å². The van der Waals surface area contributed by atoms with E-state index in [9.17, 15) is 4.79 Å². The third-order valence-electron chi connectivity index (χ3n) is 4.35. The van der Waals surface area contributed by atoms with Gasteiger partial charge in [-0.3, -0.25) is 4.79 Å². The van der Waals surface area contributed by atoms with E-state index in [1.54, 1.807) is 6.20 Å². The molecule has 2 heterocycles. The normalized spacial score (nSPS) is 21.6. The summed E-state index contributed by atoms with van der Waals surface area (Å²) in [7, 11) is 0. The van der Waals surface area contributed by atoms with Crippen LogP contribution in [0.3, 0.4) is 0 Å². The molecular formula is C15H22N4O. The molecule has 1 aliphatic carbocycles. The lowest BCUT2D eigenvalue weighted by Crippen LogP contribution is -2.50. The monoisotopic (exact) mass is 274 g/mol. The topological polar surface area (TPSA) is 71.2 Å². The molecule has 1 amide bonds. The van der Waals surface area contributed by atoms with E-state index < -0.39 is 5.54 Å². The van der Waals surface area contributed by atoms with Crippen molar-refractivity contribution in [1.82, 2.24) is 4.98 Å². The summed E-state index contributed by atoms with van der Waals surface area (Å²) in [6.45, 7) is 3.95. The first kappa shape index (κ1) is 13.4. The van der Waals surface area contributed by atoms with Crippen molar-refractivity contribution >= 4 is 17.4 Å². The number of hydrogen-bond donors (Lipinski definition) is 2. The molecule has 0 aromatic carbocycles. The highest BCUT2D eigenvalue weighted by atomic mass is 16.2. The molecule has 108 valence electrons. The number of hydrogen-bond acceptors (Lipinski definition) is 4. The molecule has 0 spiro atoms. The van der Waals surface area contributed by atoms with Crippen LogP contribution in [-0.2, 0) is 4.79 Å². The van der Waals surface area contributed by atoms with Gasteiger partial charge in [0.1, 0.15) is 5.82 Å². The number of pyridine rings is 1. The van der Waals surface area contributed by atoms with E-state index in [1.807, 2.05) is 19.1 Å². The summed E-state index contributed by atoms with van der Waals surface area (Å²) in [5.74, 6) is 1.19. The fraction of sp³-hybridized carbons (Fsp3) is 0.600. The smallest absolute Gasteiger partial charge is 0.244 e. The molecule has 0 bridgehead atoms. The van der Waals surface area contributed by atoms with Crippen LogP contribution >= 0.6 is 0 Å². The van der Waals surface area contributed by atoms with E-state index in [2.05, 4.69) is 15.2 Å². The van der Waals surface area contributed by atoms with Crippen LogP contribution in [0.4, 0.5) is 11.5 Å². The van der Waals surface area contributed by atoms with Crippen LogP contribution in [-0.4, -0.2) is 29.5 Å². The second-order valence-electron chi connectivity index (χ2n) is 6.11. The van der Waals surface area contributed by atoms with Crippen LogP contribution in [0.5, 0.6) is 0 Å². The van der Waals surface area contributed by atoms with Crippen molar-refractivity contribution in [2.45, 2.75) is 38.1 Å². The van der Waals surface area contributed by atoms with Crippen LogP contribution in [0.1, 0.15) is 32.6 Å². The van der Waals surface area contributed by atoms with Crippen LogP contribution in [0.25, 0.3) is 0 Å². The maximum Gasteiger partial charge on any atom is 0.244 e. The molecule has 3 rings (SSSR count). The Morgan fingerprint density at radius 3 is 2.65 bits per heavy atom. The van der Waals surface area contributed by atoms with Crippen molar-refractivity contribution in [3.8, 4) is 0 Å². The second kappa shape index (κ2) is 5.05. The van der Waals surface area contributed by atoms with Crippen molar-refractivity contribution in [2.75, 3.05) is 23.3 Å². The van der Waals surface area contributed by atoms with Crippen molar-refractivity contribution in [1.29, 1.82) is 0 Å². The number of carbonyl (C=O) groups excluding carboxylic acids is 1. The van der Waals surface area contributed by atoms with Gasteiger partial charge in [-0.25, -0.2) is 4.98 Å². The molecule has 1 atom stereocenters. The number of nitrogens with one attached hydrogen (secondary N) is 1. The Bertz CT molecular complexity index is 487. The zero-order valence-electron chi connectivity index (χ0n) is 11.9. The van der Waals surface area contributed by atoms with Crippen LogP contribution in [0.2, 0.25) is 0 Å². The lowest BCUT2D eigenvalue weighted by Gasteiger charge is -2.23. The number of nitrogens with zero attached hydrogens (tertiary/aromatic N) is 2. The molecule has 1 unspecified atom stereocenters. The summed E-state index contributed by atoms with van der Waals surface area (Å²) in [4.78, 5) is 18.9. The summed E-state index contributed by atoms with van der Waals surface area (Å²) in [6.07, 6.45) is 6.27. The van der Waals surface area contributed by atoms with Crippen molar-refractivity contribution in [3.63, 3.8) is 0 Å². The van der Waals surface area contributed by atoms with Gasteiger partial charge in [-0.05, 0) is 50.7 Å². The Balaban J connectivity index is 1.64. The van der Waals surface area contributed by atoms with Crippen LogP contribution in [0, 0.1) is 5.92 Å². The van der Waals surface area contributed by atoms with E-state index in [1.165, 1.54) is 12.8 Å². The van der Waals surface area contributed by atoms with Crippen molar-refractivity contribution in [2.24, 2.45) is 11.7 Å². The number of rotatable bonds is 4. The van der Waals surface area contributed by atoms with Gasteiger partial charge in [0.05, 0.1) is 17.4 Å². The fourth-order valence-electron chi connectivity index (χ4n) is 2.73. The molecular weight excluding hydrogens is 252 g/mol. The van der Waals surface area contributed by atoms with Gasteiger partial charge in [-0.2, -0.15) is 0 Å². The van der Waals surface area contributed by atoms with Gasteiger partial charge < -0.3 is 16.0 Å². The molecule has 1 saturated carbocycles. The number of carbonyl (C=O) groups is 1. The largest absolute Gasteiger partial charge is 0.357 e. The quantitative estimate of drug-likeness (QED) is 0.877. The molecule has 1 saturated heterocycles. The van der Waals surface area contributed by atoms with Gasteiger partial charge in [0.25, 0.3) is 0 Å². The SMILES string of the molecule is CC(N)(C(=O)Nc1ccc(N2CCCC2)nc1)C1CC1. The molecule has 3 N–H and O–H groups in total. The maximum atomic E-state index is 12.2. The van der Waals surface area contributed by atoms with Crippen LogP contribution < -0.4 is 16.0 Å². The van der Waals surface area contributed by atoms with Crippen molar-refractivity contribution < 1.29 is 4.79 Å². The van der Waals surface area contributed by atoms with Gasteiger partial charge in [0.15, 0.2) is 0 Å². The highest BCUT2D eigenvalue weighted by Gasteiger charge is 2.44. The van der Waals surface area contributed by atoms with Gasteiger partial charge in [0, 0.05) is 13.1 Å². The maximum absolute atomic E-state index is 12.2. The zero-order valence-corrected chi connectivity index (χ0v) is 11.9. The Labute approximate surface area is 119 Å². The summed E-state index contributed by atoms with van der Waals surface area (Å²) >= 11 is 0. The van der Waals surface area contributed by atoms with E-state index in [4.69, 9.17) is 5.73 Å². The zero-order chi connectivity index (χ0) is 14.2. The summed E-state index contributed by atoms with van der Waals surface area (Å²) < 4.78 is 0. The molecule has 5 nitrogen and oxygen atoms in total. The molecule has 2 fully saturated rings. The Morgan fingerprint density at radius 2 is 2.10 bits per heavy atom. The first-order chi connectivity index (χ1) is 9.57.